The fourth-order valence-corrected chi connectivity index (χ4v) is 1.91. The number of anilines is 1. The molecule has 86 valence electrons. The minimum Gasteiger partial charge on any atom is -0.306 e. The van der Waals surface area contributed by atoms with Crippen LogP contribution in [0.25, 0.3) is 0 Å². The first-order valence-corrected chi connectivity index (χ1v) is 6.16. The number of amides is 1. The molecule has 1 heterocycles. The van der Waals surface area contributed by atoms with Crippen LogP contribution in [0, 0.1) is 3.57 Å². The monoisotopic (exact) mass is 359 g/mol. The molecule has 0 radical (unpaired) electrons. The fraction of sp³-hybridized carbons (Fsp3) is 0. The Morgan fingerprint density at radius 1 is 1.35 bits per heavy atom. The van der Waals surface area contributed by atoms with Gasteiger partial charge in [0.15, 0.2) is 0 Å². The van der Waals surface area contributed by atoms with Crippen LogP contribution >= 0.6 is 34.2 Å². The third-order valence-electron chi connectivity index (χ3n) is 1.95. The van der Waals surface area contributed by atoms with Gasteiger partial charge >= 0.3 is 0 Å². The Labute approximate surface area is 117 Å². The Kier molecular flexibility index (Phi) is 3.90. The van der Waals surface area contributed by atoms with Crippen LogP contribution in [0.3, 0.4) is 0 Å². The van der Waals surface area contributed by atoms with E-state index in [-0.39, 0.29) is 11.2 Å². The van der Waals surface area contributed by atoms with E-state index in [9.17, 15) is 4.79 Å². The highest BCUT2D eigenvalue weighted by Crippen LogP contribution is 2.11. The average Bonchev–Trinajstić information content (AvgIpc) is 2.29. The van der Waals surface area contributed by atoms with E-state index in [1.54, 1.807) is 18.2 Å². The second-order valence-electron chi connectivity index (χ2n) is 3.18. The zero-order valence-corrected chi connectivity index (χ0v) is 11.4. The lowest BCUT2D eigenvalue weighted by atomic mass is 10.2. The van der Waals surface area contributed by atoms with Gasteiger partial charge in [-0.15, -0.1) is 0 Å². The molecule has 0 saturated heterocycles. The number of benzene rings is 1. The Morgan fingerprint density at radius 3 is 2.88 bits per heavy atom. The van der Waals surface area contributed by atoms with E-state index >= 15 is 0 Å². The van der Waals surface area contributed by atoms with E-state index in [0.29, 0.717) is 11.4 Å². The topological polar surface area (TPSA) is 54.9 Å². The van der Waals surface area contributed by atoms with Crippen molar-refractivity contribution in [2.24, 2.45) is 0 Å². The van der Waals surface area contributed by atoms with E-state index in [0.717, 1.165) is 3.57 Å². The summed E-state index contributed by atoms with van der Waals surface area (Å²) in [5, 5.41) is 2.75. The number of nitrogens with zero attached hydrogens (tertiary/aromatic N) is 2. The molecule has 2 rings (SSSR count). The molecule has 17 heavy (non-hydrogen) atoms. The summed E-state index contributed by atoms with van der Waals surface area (Å²) in [7, 11) is 0. The van der Waals surface area contributed by atoms with Crippen molar-refractivity contribution in [1.29, 1.82) is 0 Å². The van der Waals surface area contributed by atoms with E-state index in [1.807, 2.05) is 12.1 Å². The second kappa shape index (κ2) is 5.42. The zero-order chi connectivity index (χ0) is 12.3. The minimum absolute atomic E-state index is 0.102. The molecular weight excluding hydrogens is 352 g/mol. The van der Waals surface area contributed by atoms with Crippen molar-refractivity contribution in [2.75, 3.05) is 5.32 Å². The summed E-state index contributed by atoms with van der Waals surface area (Å²) < 4.78 is 0.996. The summed E-state index contributed by atoms with van der Waals surface area (Å²) in [5.41, 5.74) is 0.576. The molecule has 0 spiro atoms. The van der Waals surface area contributed by atoms with Crippen molar-refractivity contribution in [3.63, 3.8) is 0 Å². The standard InChI is InChI=1S/C11H7ClIN3O/c12-11-14-5-4-9(16-11)15-10(17)7-2-1-3-8(13)6-7/h1-6H,(H,14,15,16,17). The van der Waals surface area contributed by atoms with Crippen molar-refractivity contribution in [2.45, 2.75) is 0 Å². The van der Waals surface area contributed by atoms with Crippen molar-refractivity contribution < 1.29 is 4.79 Å². The lowest BCUT2D eigenvalue weighted by Gasteiger charge is -2.04. The SMILES string of the molecule is O=C(Nc1ccnc(Cl)n1)c1cccc(I)c1. The fourth-order valence-electron chi connectivity index (χ4n) is 1.22. The highest BCUT2D eigenvalue weighted by Gasteiger charge is 2.07. The second-order valence-corrected chi connectivity index (χ2v) is 4.76. The number of carbonyl (C=O) groups excluding carboxylic acids is 1. The van der Waals surface area contributed by atoms with Gasteiger partial charge in [0.1, 0.15) is 5.82 Å². The summed E-state index contributed by atoms with van der Waals surface area (Å²) in [4.78, 5) is 19.5. The van der Waals surface area contributed by atoms with Gasteiger partial charge in [-0.3, -0.25) is 4.79 Å². The molecule has 0 saturated carbocycles. The number of aromatic nitrogens is 2. The van der Waals surface area contributed by atoms with Crippen LogP contribution in [0.1, 0.15) is 10.4 Å². The smallest absolute Gasteiger partial charge is 0.256 e. The predicted octanol–water partition coefficient (Wildman–Crippen LogP) is 2.99. The molecule has 1 aromatic carbocycles. The third kappa shape index (κ3) is 3.37. The average molecular weight is 360 g/mol. The zero-order valence-electron chi connectivity index (χ0n) is 8.52. The molecule has 0 bridgehead atoms. The lowest BCUT2D eigenvalue weighted by Crippen LogP contribution is -2.13. The number of rotatable bonds is 2. The summed E-state index contributed by atoms with van der Waals surface area (Å²) in [6.07, 6.45) is 1.49. The Hall–Kier alpha value is -1.21. The van der Waals surface area contributed by atoms with Gasteiger partial charge in [-0.25, -0.2) is 9.97 Å². The molecule has 4 nitrogen and oxygen atoms in total. The number of nitrogens with one attached hydrogen (secondary N) is 1. The largest absolute Gasteiger partial charge is 0.306 e. The molecule has 1 aromatic heterocycles. The number of hydrogen-bond acceptors (Lipinski definition) is 3. The van der Waals surface area contributed by atoms with Crippen LogP contribution in [0.4, 0.5) is 5.82 Å². The predicted molar refractivity (Wildman–Crippen MR) is 74.2 cm³/mol. The quantitative estimate of drug-likeness (QED) is 0.662. The van der Waals surface area contributed by atoms with Gasteiger partial charge < -0.3 is 5.32 Å². The van der Waals surface area contributed by atoms with E-state index < -0.39 is 0 Å². The van der Waals surface area contributed by atoms with E-state index in [4.69, 9.17) is 11.6 Å². The molecule has 1 amide bonds. The highest BCUT2D eigenvalue weighted by atomic mass is 127. The van der Waals surface area contributed by atoms with Gasteiger partial charge in [0.2, 0.25) is 5.28 Å². The van der Waals surface area contributed by atoms with Crippen LogP contribution < -0.4 is 5.32 Å². The molecule has 0 aliphatic carbocycles. The van der Waals surface area contributed by atoms with Crippen LogP contribution in [-0.4, -0.2) is 15.9 Å². The number of carbonyl (C=O) groups is 1. The van der Waals surface area contributed by atoms with Crippen molar-refractivity contribution >= 4 is 45.9 Å². The number of halogens is 2. The first-order valence-electron chi connectivity index (χ1n) is 4.70. The van der Waals surface area contributed by atoms with E-state index in [1.165, 1.54) is 6.20 Å². The van der Waals surface area contributed by atoms with Crippen molar-refractivity contribution in [1.82, 2.24) is 9.97 Å². The van der Waals surface area contributed by atoms with Gasteiger partial charge in [0.25, 0.3) is 5.91 Å². The van der Waals surface area contributed by atoms with Gasteiger partial charge in [0.05, 0.1) is 0 Å². The summed E-state index contributed by atoms with van der Waals surface area (Å²) >= 11 is 7.77. The lowest BCUT2D eigenvalue weighted by molar-refractivity contribution is 0.102. The summed E-state index contributed by atoms with van der Waals surface area (Å²) in [6.45, 7) is 0. The van der Waals surface area contributed by atoms with Gasteiger partial charge in [-0.2, -0.15) is 0 Å². The Balaban J connectivity index is 2.17. The maximum Gasteiger partial charge on any atom is 0.256 e. The molecule has 0 unspecified atom stereocenters. The van der Waals surface area contributed by atoms with Crippen LogP contribution in [0.15, 0.2) is 36.5 Å². The minimum atomic E-state index is -0.224. The van der Waals surface area contributed by atoms with Crippen LogP contribution in [0.2, 0.25) is 5.28 Å². The maximum absolute atomic E-state index is 11.9. The van der Waals surface area contributed by atoms with Gasteiger partial charge in [-0.05, 0) is 58.5 Å². The first kappa shape index (κ1) is 12.3. The molecule has 0 aliphatic rings. The maximum atomic E-state index is 11.9. The highest BCUT2D eigenvalue weighted by molar-refractivity contribution is 14.1. The van der Waals surface area contributed by atoms with E-state index in [2.05, 4.69) is 37.9 Å². The molecule has 2 aromatic rings. The van der Waals surface area contributed by atoms with Crippen molar-refractivity contribution in [3.8, 4) is 0 Å². The molecular formula is C11H7ClIN3O. The summed E-state index contributed by atoms with van der Waals surface area (Å²) in [6, 6.07) is 8.85. The summed E-state index contributed by atoms with van der Waals surface area (Å²) in [5.74, 6) is 0.159. The van der Waals surface area contributed by atoms with Crippen molar-refractivity contribution in [3.05, 3.63) is 50.9 Å². The molecule has 0 fully saturated rings. The van der Waals surface area contributed by atoms with Crippen LogP contribution in [0.5, 0.6) is 0 Å². The molecule has 0 atom stereocenters. The van der Waals surface area contributed by atoms with Crippen LogP contribution in [-0.2, 0) is 0 Å². The molecule has 6 heteroatoms. The van der Waals surface area contributed by atoms with Gasteiger partial charge in [0, 0.05) is 15.3 Å². The first-order chi connectivity index (χ1) is 8.15. The normalized spacial score (nSPS) is 10.0. The number of hydrogen-bond donors (Lipinski definition) is 1. The Morgan fingerprint density at radius 2 is 2.18 bits per heavy atom. The molecule has 1 N–H and O–H groups in total. The third-order valence-corrected chi connectivity index (χ3v) is 2.81. The van der Waals surface area contributed by atoms with Gasteiger partial charge in [-0.1, -0.05) is 6.07 Å². The Bertz CT molecular complexity index is 562. The molecule has 0 aliphatic heterocycles.